The van der Waals surface area contributed by atoms with Crippen molar-refractivity contribution in [1.29, 1.82) is 0 Å². The Balaban J connectivity index is 1.75. The summed E-state index contributed by atoms with van der Waals surface area (Å²) in [5, 5.41) is 0.681. The number of para-hydroxylation sites is 1. The fraction of sp³-hybridized carbons (Fsp3) is 0.0455. The Kier molecular flexibility index (Phi) is 4.49. The van der Waals surface area contributed by atoms with Crippen LogP contribution in [0, 0.1) is 0 Å². The standard InChI is InChI=1S/C22H16N2O3/c25-21(18-14-17-10-4-5-11-19(17)27-22(18)26)23-20-12-6-7-13-24(20)15-16-8-2-1-3-9-16/h1-14H,15H2. The smallest absolute Gasteiger partial charge is 0.349 e. The SMILES string of the molecule is O=C(N=c1ccccn1Cc1ccccc1)c1cc2ccccc2oc1=O. The number of nitrogens with zero attached hydrogens (tertiary/aromatic N) is 2. The molecular weight excluding hydrogens is 340 g/mol. The summed E-state index contributed by atoms with van der Waals surface area (Å²) in [5.74, 6) is -0.623. The highest BCUT2D eigenvalue weighted by molar-refractivity contribution is 5.97. The summed E-state index contributed by atoms with van der Waals surface area (Å²) in [5.41, 5.74) is 1.23. The summed E-state index contributed by atoms with van der Waals surface area (Å²) in [4.78, 5) is 29.0. The van der Waals surface area contributed by atoms with Gasteiger partial charge < -0.3 is 8.98 Å². The van der Waals surface area contributed by atoms with Crippen molar-refractivity contribution in [3.05, 3.63) is 112 Å². The van der Waals surface area contributed by atoms with Crippen molar-refractivity contribution < 1.29 is 9.21 Å². The molecule has 0 N–H and O–H groups in total. The average molecular weight is 356 g/mol. The molecule has 132 valence electrons. The van der Waals surface area contributed by atoms with Crippen LogP contribution in [0.2, 0.25) is 0 Å². The first kappa shape index (κ1) is 16.7. The van der Waals surface area contributed by atoms with Gasteiger partial charge in [0.05, 0.1) is 0 Å². The molecule has 5 nitrogen and oxygen atoms in total. The van der Waals surface area contributed by atoms with Gasteiger partial charge >= 0.3 is 5.63 Å². The first-order chi connectivity index (χ1) is 13.2. The first-order valence-corrected chi connectivity index (χ1v) is 8.52. The number of rotatable bonds is 3. The van der Waals surface area contributed by atoms with E-state index in [-0.39, 0.29) is 5.56 Å². The topological polar surface area (TPSA) is 64.6 Å². The molecule has 27 heavy (non-hydrogen) atoms. The van der Waals surface area contributed by atoms with Crippen LogP contribution in [0.25, 0.3) is 11.0 Å². The number of carbonyl (C=O) groups excluding carboxylic acids is 1. The molecule has 0 saturated heterocycles. The largest absolute Gasteiger partial charge is 0.422 e. The Morgan fingerprint density at radius 1 is 0.926 bits per heavy atom. The molecular formula is C22H16N2O3. The van der Waals surface area contributed by atoms with Crippen LogP contribution in [0.4, 0.5) is 0 Å². The average Bonchev–Trinajstić information content (AvgIpc) is 2.69. The van der Waals surface area contributed by atoms with Crippen LogP contribution in [-0.2, 0) is 6.54 Å². The molecule has 0 radical (unpaired) electrons. The van der Waals surface area contributed by atoms with Crippen LogP contribution in [0.3, 0.4) is 0 Å². The van der Waals surface area contributed by atoms with Crippen molar-refractivity contribution >= 4 is 16.9 Å². The number of fused-ring (bicyclic) bond motifs is 1. The molecule has 0 unspecified atom stereocenters. The van der Waals surface area contributed by atoms with Crippen molar-refractivity contribution in [2.24, 2.45) is 4.99 Å². The first-order valence-electron chi connectivity index (χ1n) is 8.52. The molecule has 0 saturated carbocycles. The molecule has 4 rings (SSSR count). The van der Waals surface area contributed by atoms with Crippen molar-refractivity contribution in [2.75, 3.05) is 0 Å². The lowest BCUT2D eigenvalue weighted by Crippen LogP contribution is -2.23. The molecule has 4 aromatic rings. The second-order valence-electron chi connectivity index (χ2n) is 6.07. The number of benzene rings is 2. The van der Waals surface area contributed by atoms with Crippen LogP contribution in [0.1, 0.15) is 15.9 Å². The Morgan fingerprint density at radius 2 is 1.67 bits per heavy atom. The quantitative estimate of drug-likeness (QED) is 0.529. The number of carbonyl (C=O) groups is 1. The molecule has 0 bridgehead atoms. The minimum Gasteiger partial charge on any atom is -0.422 e. The molecule has 2 aromatic carbocycles. The van der Waals surface area contributed by atoms with Gasteiger partial charge in [-0.05, 0) is 29.8 Å². The van der Waals surface area contributed by atoms with E-state index in [0.29, 0.717) is 23.0 Å². The van der Waals surface area contributed by atoms with E-state index in [0.717, 1.165) is 5.56 Å². The maximum absolute atomic E-state index is 12.6. The van der Waals surface area contributed by atoms with Crippen LogP contribution >= 0.6 is 0 Å². The number of hydrogen-bond donors (Lipinski definition) is 0. The van der Waals surface area contributed by atoms with Crippen molar-refractivity contribution in [3.63, 3.8) is 0 Å². The van der Waals surface area contributed by atoms with E-state index < -0.39 is 11.5 Å². The van der Waals surface area contributed by atoms with Gasteiger partial charge in [0.2, 0.25) is 0 Å². The van der Waals surface area contributed by atoms with Crippen molar-refractivity contribution in [1.82, 2.24) is 4.57 Å². The second kappa shape index (κ2) is 7.25. The van der Waals surface area contributed by atoms with Crippen LogP contribution in [-0.4, -0.2) is 10.5 Å². The maximum Gasteiger partial charge on any atom is 0.349 e. The summed E-state index contributed by atoms with van der Waals surface area (Å²) in [7, 11) is 0. The molecule has 0 aliphatic carbocycles. The third kappa shape index (κ3) is 3.62. The zero-order chi connectivity index (χ0) is 18.6. The molecule has 0 spiro atoms. The molecule has 2 heterocycles. The number of aromatic nitrogens is 1. The van der Waals surface area contributed by atoms with Crippen molar-refractivity contribution in [3.8, 4) is 0 Å². The van der Waals surface area contributed by atoms with Crippen LogP contribution in [0.15, 0.2) is 99.3 Å². The third-order valence-electron chi connectivity index (χ3n) is 4.20. The summed E-state index contributed by atoms with van der Waals surface area (Å²) in [6.45, 7) is 0.570. The van der Waals surface area contributed by atoms with E-state index in [2.05, 4.69) is 4.99 Å². The summed E-state index contributed by atoms with van der Waals surface area (Å²) in [6, 6.07) is 23.9. The highest BCUT2D eigenvalue weighted by Gasteiger charge is 2.13. The molecule has 1 amide bonds. The predicted molar refractivity (Wildman–Crippen MR) is 102 cm³/mol. The minimum atomic E-state index is -0.687. The van der Waals surface area contributed by atoms with E-state index in [1.54, 1.807) is 30.3 Å². The zero-order valence-electron chi connectivity index (χ0n) is 14.4. The highest BCUT2D eigenvalue weighted by Crippen LogP contribution is 2.13. The maximum atomic E-state index is 12.6. The van der Waals surface area contributed by atoms with Gasteiger partial charge in [0.25, 0.3) is 5.91 Å². The number of amides is 1. The second-order valence-corrected chi connectivity index (χ2v) is 6.07. The van der Waals surface area contributed by atoms with E-state index in [4.69, 9.17) is 4.42 Å². The van der Waals surface area contributed by atoms with Gasteiger partial charge in [-0.2, -0.15) is 4.99 Å². The van der Waals surface area contributed by atoms with Gasteiger partial charge in [-0.1, -0.05) is 54.6 Å². The van der Waals surface area contributed by atoms with Crippen molar-refractivity contribution in [2.45, 2.75) is 6.54 Å². The van der Waals surface area contributed by atoms with E-state index >= 15 is 0 Å². The molecule has 0 aliphatic heterocycles. The molecule has 0 fully saturated rings. The summed E-state index contributed by atoms with van der Waals surface area (Å²) in [6.07, 6.45) is 1.85. The monoisotopic (exact) mass is 356 g/mol. The van der Waals surface area contributed by atoms with Crippen LogP contribution < -0.4 is 11.1 Å². The minimum absolute atomic E-state index is 0.0798. The van der Waals surface area contributed by atoms with Gasteiger partial charge in [0, 0.05) is 18.1 Å². The Hall–Kier alpha value is -3.73. The van der Waals surface area contributed by atoms with E-state index in [1.165, 1.54) is 6.07 Å². The number of pyridine rings is 1. The molecule has 5 heteroatoms. The molecule has 0 atom stereocenters. The summed E-state index contributed by atoms with van der Waals surface area (Å²) >= 11 is 0. The van der Waals surface area contributed by atoms with Gasteiger partial charge in [-0.3, -0.25) is 4.79 Å². The fourth-order valence-electron chi connectivity index (χ4n) is 2.86. The summed E-state index contributed by atoms with van der Waals surface area (Å²) < 4.78 is 7.09. The van der Waals surface area contributed by atoms with Crippen LogP contribution in [0.5, 0.6) is 0 Å². The Morgan fingerprint density at radius 3 is 2.52 bits per heavy atom. The Bertz CT molecular complexity index is 1240. The van der Waals surface area contributed by atoms with Gasteiger partial charge in [-0.15, -0.1) is 0 Å². The van der Waals surface area contributed by atoms with E-state index in [1.807, 2.05) is 53.2 Å². The zero-order valence-corrected chi connectivity index (χ0v) is 14.4. The van der Waals surface area contributed by atoms with Gasteiger partial charge in [0.1, 0.15) is 16.6 Å². The number of hydrogen-bond acceptors (Lipinski definition) is 3. The van der Waals surface area contributed by atoms with Gasteiger partial charge in [-0.25, -0.2) is 4.79 Å². The van der Waals surface area contributed by atoms with Gasteiger partial charge in [0.15, 0.2) is 0 Å². The molecule has 2 aromatic heterocycles. The third-order valence-corrected chi connectivity index (χ3v) is 4.20. The Labute approximate surface area is 154 Å². The fourth-order valence-corrected chi connectivity index (χ4v) is 2.86. The molecule has 0 aliphatic rings. The lowest BCUT2D eigenvalue weighted by Gasteiger charge is -2.07. The lowest BCUT2D eigenvalue weighted by molar-refractivity contribution is 0.0994. The normalized spacial score (nSPS) is 11.6. The lowest BCUT2D eigenvalue weighted by atomic mass is 10.2. The predicted octanol–water partition coefficient (Wildman–Crippen LogP) is 3.38. The highest BCUT2D eigenvalue weighted by atomic mass is 16.4. The van der Waals surface area contributed by atoms with E-state index in [9.17, 15) is 9.59 Å².